The number of hydrogen-bond acceptors (Lipinski definition) is 2. The van der Waals surface area contributed by atoms with E-state index in [1.54, 1.807) is 13.3 Å². The van der Waals surface area contributed by atoms with Gasteiger partial charge in [-0.25, -0.2) is 4.98 Å². The number of H-pyrrole nitrogens is 1. The topological polar surface area (TPSA) is 37.9 Å². The minimum atomic E-state index is 0.483. The summed E-state index contributed by atoms with van der Waals surface area (Å²) in [7, 11) is 1.60. The molecule has 68 valence electrons. The summed E-state index contributed by atoms with van der Waals surface area (Å²) in [5.41, 5.74) is 1.98. The van der Waals surface area contributed by atoms with Crippen LogP contribution in [0, 0.1) is 0 Å². The van der Waals surface area contributed by atoms with E-state index in [-0.39, 0.29) is 0 Å². The number of pyridine rings is 1. The average molecular weight is 197 g/mol. The maximum Gasteiger partial charge on any atom is 0.213 e. The SMILES string of the molecule is COc1cc2cc(CCl)[nH]c2cn1. The normalized spacial score (nSPS) is 10.6. The van der Waals surface area contributed by atoms with Gasteiger partial charge in [-0.05, 0) is 6.07 Å². The van der Waals surface area contributed by atoms with E-state index >= 15 is 0 Å². The van der Waals surface area contributed by atoms with E-state index in [4.69, 9.17) is 16.3 Å². The maximum absolute atomic E-state index is 5.69. The Hall–Kier alpha value is -1.22. The fraction of sp³-hybridized carbons (Fsp3) is 0.222. The highest BCUT2D eigenvalue weighted by atomic mass is 35.5. The number of fused-ring (bicyclic) bond motifs is 1. The molecule has 0 atom stereocenters. The molecule has 0 radical (unpaired) electrons. The van der Waals surface area contributed by atoms with E-state index in [0.717, 1.165) is 16.6 Å². The van der Waals surface area contributed by atoms with Crippen molar-refractivity contribution < 1.29 is 4.74 Å². The van der Waals surface area contributed by atoms with Crippen molar-refractivity contribution in [2.75, 3.05) is 7.11 Å². The number of methoxy groups -OCH3 is 1. The van der Waals surface area contributed by atoms with Crippen molar-refractivity contribution in [1.82, 2.24) is 9.97 Å². The fourth-order valence-corrected chi connectivity index (χ4v) is 1.40. The zero-order valence-electron chi connectivity index (χ0n) is 7.17. The molecule has 3 nitrogen and oxygen atoms in total. The van der Waals surface area contributed by atoms with Crippen molar-refractivity contribution in [3.05, 3.63) is 24.0 Å². The average Bonchev–Trinajstić information content (AvgIpc) is 2.58. The van der Waals surface area contributed by atoms with Crippen LogP contribution in [0.15, 0.2) is 18.3 Å². The maximum atomic E-state index is 5.69. The third-order valence-electron chi connectivity index (χ3n) is 1.89. The Bertz CT molecular complexity index is 422. The minimum Gasteiger partial charge on any atom is -0.481 e. The van der Waals surface area contributed by atoms with E-state index in [9.17, 15) is 0 Å². The van der Waals surface area contributed by atoms with Crippen molar-refractivity contribution in [3.8, 4) is 5.88 Å². The summed E-state index contributed by atoms with van der Waals surface area (Å²) < 4.78 is 5.01. The van der Waals surface area contributed by atoms with Gasteiger partial charge in [0.05, 0.1) is 24.7 Å². The molecule has 1 N–H and O–H groups in total. The molecule has 0 aromatic carbocycles. The molecule has 0 saturated heterocycles. The number of halogens is 1. The molecule has 0 fully saturated rings. The molecule has 0 saturated carbocycles. The Morgan fingerprint density at radius 2 is 2.38 bits per heavy atom. The van der Waals surface area contributed by atoms with E-state index in [1.807, 2.05) is 12.1 Å². The largest absolute Gasteiger partial charge is 0.481 e. The molecular weight excluding hydrogens is 188 g/mol. The number of rotatable bonds is 2. The lowest BCUT2D eigenvalue weighted by Crippen LogP contribution is -1.85. The van der Waals surface area contributed by atoms with Crippen molar-refractivity contribution in [2.45, 2.75) is 5.88 Å². The van der Waals surface area contributed by atoms with Gasteiger partial charge in [0.25, 0.3) is 0 Å². The summed E-state index contributed by atoms with van der Waals surface area (Å²) in [5.74, 6) is 1.10. The summed E-state index contributed by atoms with van der Waals surface area (Å²) in [4.78, 5) is 7.22. The molecule has 2 heterocycles. The van der Waals surface area contributed by atoms with Crippen LogP contribution in [0.4, 0.5) is 0 Å². The van der Waals surface area contributed by atoms with Gasteiger partial charge in [0.15, 0.2) is 0 Å². The van der Waals surface area contributed by atoms with Crippen LogP contribution in [0.5, 0.6) is 5.88 Å². The van der Waals surface area contributed by atoms with Crippen LogP contribution in [0.1, 0.15) is 5.69 Å². The number of aromatic amines is 1. The molecule has 2 rings (SSSR count). The molecule has 13 heavy (non-hydrogen) atoms. The first-order valence-corrected chi connectivity index (χ1v) is 4.44. The molecule has 0 spiro atoms. The lowest BCUT2D eigenvalue weighted by Gasteiger charge is -1.96. The second-order valence-corrected chi connectivity index (χ2v) is 3.01. The van der Waals surface area contributed by atoms with E-state index in [0.29, 0.717) is 11.8 Å². The third-order valence-corrected chi connectivity index (χ3v) is 2.18. The predicted molar refractivity (Wildman–Crippen MR) is 52.2 cm³/mol. The summed E-state index contributed by atoms with van der Waals surface area (Å²) in [6.45, 7) is 0. The van der Waals surface area contributed by atoms with Gasteiger partial charge in [0.1, 0.15) is 0 Å². The zero-order chi connectivity index (χ0) is 9.26. The van der Waals surface area contributed by atoms with Crippen LogP contribution in [0.3, 0.4) is 0 Å². The number of alkyl halides is 1. The lowest BCUT2D eigenvalue weighted by atomic mass is 10.3. The van der Waals surface area contributed by atoms with Crippen molar-refractivity contribution in [3.63, 3.8) is 0 Å². The van der Waals surface area contributed by atoms with E-state index in [1.165, 1.54) is 0 Å². The Morgan fingerprint density at radius 3 is 3.08 bits per heavy atom. The smallest absolute Gasteiger partial charge is 0.213 e. The van der Waals surface area contributed by atoms with Gasteiger partial charge >= 0.3 is 0 Å². The fourth-order valence-electron chi connectivity index (χ4n) is 1.25. The van der Waals surface area contributed by atoms with Crippen LogP contribution in [-0.2, 0) is 5.88 Å². The predicted octanol–water partition coefficient (Wildman–Crippen LogP) is 2.31. The molecule has 2 aromatic heterocycles. The Balaban J connectivity index is 2.57. The third kappa shape index (κ3) is 1.47. The Kier molecular flexibility index (Phi) is 2.10. The van der Waals surface area contributed by atoms with E-state index < -0.39 is 0 Å². The van der Waals surface area contributed by atoms with Gasteiger partial charge in [0.2, 0.25) is 5.88 Å². The highest BCUT2D eigenvalue weighted by Crippen LogP contribution is 2.19. The number of aromatic nitrogens is 2. The van der Waals surface area contributed by atoms with Crippen LogP contribution in [0.2, 0.25) is 0 Å². The monoisotopic (exact) mass is 196 g/mol. The molecule has 0 aliphatic rings. The number of ether oxygens (including phenoxy) is 1. The first kappa shape index (κ1) is 8.38. The first-order chi connectivity index (χ1) is 6.33. The van der Waals surface area contributed by atoms with Gasteiger partial charge in [-0.15, -0.1) is 11.6 Å². The highest BCUT2D eigenvalue weighted by Gasteiger charge is 2.01. The molecule has 0 aliphatic heterocycles. The summed E-state index contributed by atoms with van der Waals surface area (Å²) >= 11 is 5.69. The summed E-state index contributed by atoms with van der Waals surface area (Å²) in [5, 5.41) is 1.07. The van der Waals surface area contributed by atoms with Gasteiger partial charge in [0, 0.05) is 17.1 Å². The molecule has 0 unspecified atom stereocenters. The van der Waals surface area contributed by atoms with Gasteiger partial charge in [-0.1, -0.05) is 0 Å². The summed E-state index contributed by atoms with van der Waals surface area (Å²) in [6, 6.07) is 3.87. The molecule has 2 aromatic rings. The first-order valence-electron chi connectivity index (χ1n) is 3.91. The minimum absolute atomic E-state index is 0.483. The highest BCUT2D eigenvalue weighted by molar-refractivity contribution is 6.17. The van der Waals surface area contributed by atoms with Gasteiger partial charge in [-0.2, -0.15) is 0 Å². The van der Waals surface area contributed by atoms with E-state index in [2.05, 4.69) is 9.97 Å². The number of hydrogen-bond donors (Lipinski definition) is 1. The van der Waals surface area contributed by atoms with Crippen LogP contribution >= 0.6 is 11.6 Å². The second-order valence-electron chi connectivity index (χ2n) is 2.74. The second kappa shape index (κ2) is 3.26. The molecule has 4 heteroatoms. The van der Waals surface area contributed by atoms with Gasteiger partial charge in [-0.3, -0.25) is 0 Å². The standard InChI is InChI=1S/C9H9ClN2O/c1-13-9-3-6-2-7(4-10)12-8(6)5-11-9/h2-3,5,12H,4H2,1H3. The molecule has 0 bridgehead atoms. The number of nitrogens with one attached hydrogen (secondary N) is 1. The van der Waals surface area contributed by atoms with Crippen LogP contribution in [-0.4, -0.2) is 17.1 Å². The van der Waals surface area contributed by atoms with Crippen molar-refractivity contribution >= 4 is 22.5 Å². The Morgan fingerprint density at radius 1 is 1.54 bits per heavy atom. The lowest BCUT2D eigenvalue weighted by molar-refractivity contribution is 0.399. The molecule has 0 amide bonds. The summed E-state index contributed by atoms with van der Waals surface area (Å²) in [6.07, 6.45) is 1.74. The molecule has 0 aliphatic carbocycles. The van der Waals surface area contributed by atoms with Crippen LogP contribution in [0.25, 0.3) is 10.9 Å². The van der Waals surface area contributed by atoms with Gasteiger partial charge < -0.3 is 9.72 Å². The number of nitrogens with zero attached hydrogens (tertiary/aromatic N) is 1. The zero-order valence-corrected chi connectivity index (χ0v) is 7.93. The van der Waals surface area contributed by atoms with Crippen molar-refractivity contribution in [2.24, 2.45) is 0 Å². The van der Waals surface area contributed by atoms with Crippen molar-refractivity contribution in [1.29, 1.82) is 0 Å². The van der Waals surface area contributed by atoms with Crippen LogP contribution < -0.4 is 4.74 Å². The molecular formula is C9H9ClN2O. The quantitative estimate of drug-likeness (QED) is 0.749. The Labute approximate surface area is 80.7 Å².